The van der Waals surface area contributed by atoms with Crippen molar-refractivity contribution >= 4 is 23.6 Å². The van der Waals surface area contributed by atoms with Gasteiger partial charge in [-0.15, -0.1) is 0 Å². The maximum absolute atomic E-state index is 11.4. The van der Waals surface area contributed by atoms with E-state index >= 15 is 0 Å². The first-order chi connectivity index (χ1) is 9.54. The molecule has 0 atom stereocenters. The largest absolute Gasteiger partial charge is 0.460 e. The molecule has 0 fully saturated rings. The minimum absolute atomic E-state index is 0.152. The average molecular weight is 292 g/mol. The van der Waals surface area contributed by atoms with Crippen molar-refractivity contribution in [2.75, 3.05) is 0 Å². The van der Waals surface area contributed by atoms with Gasteiger partial charge in [0, 0.05) is 16.7 Å². The van der Waals surface area contributed by atoms with Crippen LogP contribution in [0.2, 0.25) is 5.02 Å². The molecule has 104 valence electrons. The second-order valence-electron chi connectivity index (χ2n) is 4.37. The molecule has 2 aromatic rings. The number of benzene rings is 1. The normalized spacial score (nSPS) is 11.2. The van der Waals surface area contributed by atoms with Crippen LogP contribution in [0.15, 0.2) is 30.3 Å². The molecule has 1 N–H and O–H groups in total. The summed E-state index contributed by atoms with van der Waals surface area (Å²) >= 11 is 5.92. The first-order valence-electron chi connectivity index (χ1n) is 6.11. The average Bonchev–Trinajstić information content (AvgIpc) is 2.84. The Morgan fingerprint density at radius 2 is 2.25 bits per heavy atom. The SMILES string of the molecule is CC(C)OC(=O)/C=C\c1n[nH]c(-c2cccc(Cl)c2)n1. The van der Waals surface area contributed by atoms with Crippen LogP contribution < -0.4 is 0 Å². The molecule has 1 heterocycles. The van der Waals surface area contributed by atoms with E-state index in [2.05, 4.69) is 15.2 Å². The summed E-state index contributed by atoms with van der Waals surface area (Å²) in [5.74, 6) is 0.569. The van der Waals surface area contributed by atoms with Crippen LogP contribution in [-0.2, 0) is 9.53 Å². The number of rotatable bonds is 4. The number of carbonyl (C=O) groups is 1. The Kier molecular flexibility index (Phi) is 4.53. The number of hydrogen-bond donors (Lipinski definition) is 1. The van der Waals surface area contributed by atoms with Crippen LogP contribution in [0.1, 0.15) is 19.7 Å². The van der Waals surface area contributed by atoms with E-state index < -0.39 is 5.97 Å². The number of aromatic nitrogens is 3. The number of esters is 1. The smallest absolute Gasteiger partial charge is 0.331 e. The number of nitrogens with one attached hydrogen (secondary N) is 1. The Morgan fingerprint density at radius 3 is 2.95 bits per heavy atom. The second kappa shape index (κ2) is 6.34. The summed E-state index contributed by atoms with van der Waals surface area (Å²) in [6, 6.07) is 7.26. The zero-order chi connectivity index (χ0) is 14.5. The minimum atomic E-state index is -0.422. The van der Waals surface area contributed by atoms with Gasteiger partial charge in [0.15, 0.2) is 11.6 Å². The van der Waals surface area contributed by atoms with Crippen LogP contribution in [0.3, 0.4) is 0 Å². The highest BCUT2D eigenvalue weighted by Gasteiger charge is 2.05. The molecule has 0 aliphatic heterocycles. The molecule has 0 spiro atoms. The van der Waals surface area contributed by atoms with Crippen LogP contribution in [0.4, 0.5) is 0 Å². The molecule has 0 amide bonds. The molecular weight excluding hydrogens is 278 g/mol. The lowest BCUT2D eigenvalue weighted by Crippen LogP contribution is -2.08. The summed E-state index contributed by atoms with van der Waals surface area (Å²) in [7, 11) is 0. The lowest BCUT2D eigenvalue weighted by atomic mass is 10.2. The highest BCUT2D eigenvalue weighted by Crippen LogP contribution is 2.19. The highest BCUT2D eigenvalue weighted by molar-refractivity contribution is 6.30. The van der Waals surface area contributed by atoms with E-state index in [0.29, 0.717) is 16.7 Å². The number of ether oxygens (including phenoxy) is 1. The van der Waals surface area contributed by atoms with Crippen LogP contribution in [0.5, 0.6) is 0 Å². The zero-order valence-electron chi connectivity index (χ0n) is 11.1. The van der Waals surface area contributed by atoms with E-state index in [9.17, 15) is 4.79 Å². The Bertz CT molecular complexity index is 635. The summed E-state index contributed by atoms with van der Waals surface area (Å²) in [6.45, 7) is 3.57. The minimum Gasteiger partial charge on any atom is -0.460 e. The first-order valence-corrected chi connectivity index (χ1v) is 6.49. The van der Waals surface area contributed by atoms with Crippen molar-refractivity contribution in [2.45, 2.75) is 20.0 Å². The molecule has 2 rings (SSSR count). The summed E-state index contributed by atoms with van der Waals surface area (Å²) in [6.07, 6.45) is 2.64. The van der Waals surface area contributed by atoms with Gasteiger partial charge >= 0.3 is 5.97 Å². The fraction of sp³-hybridized carbons (Fsp3) is 0.214. The van der Waals surface area contributed by atoms with Crippen LogP contribution >= 0.6 is 11.6 Å². The molecule has 20 heavy (non-hydrogen) atoms. The molecule has 0 saturated carbocycles. The van der Waals surface area contributed by atoms with Crippen molar-refractivity contribution in [3.8, 4) is 11.4 Å². The summed E-state index contributed by atoms with van der Waals surface area (Å²) in [5.41, 5.74) is 0.828. The predicted molar refractivity (Wildman–Crippen MR) is 77.1 cm³/mol. The van der Waals surface area contributed by atoms with Crippen molar-refractivity contribution in [3.05, 3.63) is 41.2 Å². The summed E-state index contributed by atoms with van der Waals surface area (Å²) in [5, 5.41) is 7.41. The highest BCUT2D eigenvalue weighted by atomic mass is 35.5. The van der Waals surface area contributed by atoms with Gasteiger partial charge in [-0.1, -0.05) is 23.7 Å². The van der Waals surface area contributed by atoms with Gasteiger partial charge in [0.2, 0.25) is 0 Å². The van der Waals surface area contributed by atoms with Crippen molar-refractivity contribution < 1.29 is 9.53 Å². The van der Waals surface area contributed by atoms with Crippen molar-refractivity contribution in [1.29, 1.82) is 0 Å². The van der Waals surface area contributed by atoms with Crippen LogP contribution in [0.25, 0.3) is 17.5 Å². The van der Waals surface area contributed by atoms with Crippen LogP contribution in [0, 0.1) is 0 Å². The van der Waals surface area contributed by atoms with E-state index in [1.165, 1.54) is 12.2 Å². The third-order valence-electron chi connectivity index (χ3n) is 2.32. The Morgan fingerprint density at radius 1 is 1.45 bits per heavy atom. The second-order valence-corrected chi connectivity index (χ2v) is 4.81. The molecule has 6 heteroatoms. The van der Waals surface area contributed by atoms with E-state index in [-0.39, 0.29) is 6.10 Å². The van der Waals surface area contributed by atoms with Crippen molar-refractivity contribution in [2.24, 2.45) is 0 Å². The van der Waals surface area contributed by atoms with E-state index in [4.69, 9.17) is 16.3 Å². The lowest BCUT2D eigenvalue weighted by molar-refractivity contribution is -0.141. The molecular formula is C14H14ClN3O2. The van der Waals surface area contributed by atoms with Gasteiger partial charge in [0.25, 0.3) is 0 Å². The van der Waals surface area contributed by atoms with Gasteiger partial charge in [-0.05, 0) is 32.1 Å². The molecule has 1 aromatic carbocycles. The van der Waals surface area contributed by atoms with Crippen LogP contribution in [-0.4, -0.2) is 27.3 Å². The maximum atomic E-state index is 11.4. The predicted octanol–water partition coefficient (Wildman–Crippen LogP) is 3.09. The first kappa shape index (κ1) is 14.3. The van der Waals surface area contributed by atoms with E-state index in [1.54, 1.807) is 26.0 Å². The third-order valence-corrected chi connectivity index (χ3v) is 2.56. The number of nitrogens with zero attached hydrogens (tertiary/aromatic N) is 2. The van der Waals surface area contributed by atoms with Crippen molar-refractivity contribution in [1.82, 2.24) is 15.2 Å². The van der Waals surface area contributed by atoms with Gasteiger partial charge in [0.1, 0.15) is 0 Å². The van der Waals surface area contributed by atoms with Gasteiger partial charge in [0.05, 0.1) is 6.10 Å². The van der Waals surface area contributed by atoms with Gasteiger partial charge in [-0.2, -0.15) is 5.10 Å². The van der Waals surface area contributed by atoms with Gasteiger partial charge in [-0.25, -0.2) is 9.78 Å². The van der Waals surface area contributed by atoms with Crippen molar-refractivity contribution in [3.63, 3.8) is 0 Å². The number of H-pyrrole nitrogens is 1. The molecule has 1 aromatic heterocycles. The topological polar surface area (TPSA) is 67.9 Å². The maximum Gasteiger partial charge on any atom is 0.331 e. The number of carbonyl (C=O) groups excluding carboxylic acids is 1. The molecule has 0 aliphatic rings. The molecule has 5 nitrogen and oxygen atoms in total. The number of aromatic amines is 1. The quantitative estimate of drug-likeness (QED) is 0.694. The fourth-order valence-corrected chi connectivity index (χ4v) is 1.72. The summed E-state index contributed by atoms with van der Waals surface area (Å²) < 4.78 is 4.97. The van der Waals surface area contributed by atoms with Gasteiger partial charge < -0.3 is 4.74 Å². The standard InChI is InChI=1S/C14H14ClN3O2/c1-9(2)20-13(19)7-6-12-16-14(18-17-12)10-4-3-5-11(15)8-10/h3-9H,1-2H3,(H,16,17,18)/b7-6-. The Balaban J connectivity index is 2.10. The Hall–Kier alpha value is -2.14. The number of halogens is 1. The molecule has 0 radical (unpaired) electrons. The third kappa shape index (κ3) is 3.93. The molecule has 0 unspecified atom stereocenters. The number of hydrogen-bond acceptors (Lipinski definition) is 4. The van der Waals surface area contributed by atoms with Gasteiger partial charge in [-0.3, -0.25) is 5.10 Å². The Labute approximate surface area is 121 Å². The van der Waals surface area contributed by atoms with E-state index in [0.717, 1.165) is 5.56 Å². The summed E-state index contributed by atoms with van der Waals surface area (Å²) in [4.78, 5) is 15.6. The molecule has 0 bridgehead atoms. The zero-order valence-corrected chi connectivity index (χ0v) is 11.9. The van der Waals surface area contributed by atoms with E-state index in [1.807, 2.05) is 12.1 Å². The molecule has 0 aliphatic carbocycles. The fourth-order valence-electron chi connectivity index (χ4n) is 1.53. The monoisotopic (exact) mass is 291 g/mol. The molecule has 0 saturated heterocycles. The lowest BCUT2D eigenvalue weighted by Gasteiger charge is -2.03.